The van der Waals surface area contributed by atoms with E-state index in [0.29, 0.717) is 17.8 Å². The quantitative estimate of drug-likeness (QED) is 0.683. The van der Waals surface area contributed by atoms with E-state index in [9.17, 15) is 9.59 Å². The maximum Gasteiger partial charge on any atom is 0.418 e. The summed E-state index contributed by atoms with van der Waals surface area (Å²) in [6, 6.07) is 14.0. The smallest absolute Gasteiger partial charge is 0.418 e. The van der Waals surface area contributed by atoms with Gasteiger partial charge in [-0.15, -0.1) is 0 Å². The highest BCUT2D eigenvalue weighted by Gasteiger charge is 2.27. The van der Waals surface area contributed by atoms with Crippen LogP contribution in [0, 0.1) is 0 Å². The van der Waals surface area contributed by atoms with Gasteiger partial charge in [0.2, 0.25) is 0 Å². The Kier molecular flexibility index (Phi) is 6.87. The van der Waals surface area contributed by atoms with Crippen molar-refractivity contribution in [3.8, 4) is 0 Å². The van der Waals surface area contributed by atoms with Crippen molar-refractivity contribution in [2.24, 2.45) is 0 Å². The summed E-state index contributed by atoms with van der Waals surface area (Å²) in [5.74, 6) is 0. The third kappa shape index (κ3) is 6.83. The molecule has 0 saturated heterocycles. The zero-order chi connectivity index (χ0) is 20.7. The van der Waals surface area contributed by atoms with Crippen LogP contribution in [0.5, 0.6) is 0 Å². The second-order valence-electron chi connectivity index (χ2n) is 7.53. The van der Waals surface area contributed by atoms with Crippen molar-refractivity contribution in [3.05, 3.63) is 59.7 Å². The first kappa shape index (κ1) is 21.1. The summed E-state index contributed by atoms with van der Waals surface area (Å²) >= 11 is 0. The summed E-state index contributed by atoms with van der Waals surface area (Å²) in [4.78, 5) is 26.3. The Balaban J connectivity index is 2.07. The summed E-state index contributed by atoms with van der Waals surface area (Å²) in [7, 11) is 0. The highest BCUT2D eigenvalue weighted by molar-refractivity contribution is 5.91. The Morgan fingerprint density at radius 1 is 1.00 bits per heavy atom. The van der Waals surface area contributed by atoms with Crippen molar-refractivity contribution in [3.63, 3.8) is 0 Å². The lowest BCUT2D eigenvalue weighted by molar-refractivity contribution is 0.0322. The van der Waals surface area contributed by atoms with Crippen molar-refractivity contribution < 1.29 is 14.3 Å². The second-order valence-corrected chi connectivity index (χ2v) is 7.53. The zero-order valence-corrected chi connectivity index (χ0v) is 16.6. The van der Waals surface area contributed by atoms with Gasteiger partial charge in [0.25, 0.3) is 0 Å². The van der Waals surface area contributed by atoms with Gasteiger partial charge in [0.05, 0.1) is 0 Å². The van der Waals surface area contributed by atoms with Crippen molar-refractivity contribution in [2.75, 3.05) is 18.0 Å². The number of urea groups is 1. The third-order valence-corrected chi connectivity index (χ3v) is 3.83. The molecule has 0 heterocycles. The molecule has 3 amide bonds. The predicted octanol–water partition coefficient (Wildman–Crippen LogP) is 3.54. The van der Waals surface area contributed by atoms with Crippen molar-refractivity contribution in [1.82, 2.24) is 10.2 Å². The first-order valence-electron chi connectivity index (χ1n) is 9.11. The maximum absolute atomic E-state index is 12.7. The number of imide groups is 1. The summed E-state index contributed by atoms with van der Waals surface area (Å²) < 4.78 is 5.39. The van der Waals surface area contributed by atoms with E-state index in [4.69, 9.17) is 16.2 Å². The minimum Gasteiger partial charge on any atom is -0.443 e. The number of carbonyl (C=O) groups is 2. The number of hydrogen-bond donors (Lipinski definition) is 3. The topological polar surface area (TPSA) is 111 Å². The molecule has 0 unspecified atom stereocenters. The molecule has 7 nitrogen and oxygen atoms in total. The van der Waals surface area contributed by atoms with Gasteiger partial charge in [-0.1, -0.05) is 24.3 Å². The molecule has 0 atom stereocenters. The van der Waals surface area contributed by atoms with Crippen LogP contribution in [0.25, 0.3) is 0 Å². The normalized spacial score (nSPS) is 11.0. The number of hydrogen-bond acceptors (Lipinski definition) is 5. The molecule has 0 aromatic heterocycles. The molecule has 0 radical (unpaired) electrons. The molecule has 28 heavy (non-hydrogen) atoms. The van der Waals surface area contributed by atoms with Gasteiger partial charge >= 0.3 is 12.1 Å². The Morgan fingerprint density at radius 3 is 2.14 bits per heavy atom. The molecule has 5 N–H and O–H groups in total. The molecule has 2 rings (SSSR count). The molecule has 0 aliphatic carbocycles. The Bertz CT molecular complexity index is 830. The number of nitrogens with one attached hydrogen (secondary N) is 1. The number of ether oxygens (including phenoxy) is 1. The molecule has 0 spiro atoms. The molecule has 0 bridgehead atoms. The van der Waals surface area contributed by atoms with Crippen LogP contribution in [0.1, 0.15) is 31.9 Å². The predicted molar refractivity (Wildman–Crippen MR) is 111 cm³/mol. The third-order valence-electron chi connectivity index (χ3n) is 3.83. The lowest BCUT2D eigenvalue weighted by Gasteiger charge is -2.26. The van der Waals surface area contributed by atoms with Crippen LogP contribution < -0.4 is 16.8 Å². The fourth-order valence-electron chi connectivity index (χ4n) is 2.56. The minimum atomic E-state index is -0.708. The molecule has 0 aliphatic heterocycles. The van der Waals surface area contributed by atoms with Gasteiger partial charge in [0.1, 0.15) is 5.60 Å². The van der Waals surface area contributed by atoms with Crippen molar-refractivity contribution in [2.45, 2.75) is 39.3 Å². The zero-order valence-electron chi connectivity index (χ0n) is 16.6. The van der Waals surface area contributed by atoms with E-state index < -0.39 is 17.7 Å². The molecule has 7 heteroatoms. The van der Waals surface area contributed by atoms with Crippen LogP contribution in [0.3, 0.4) is 0 Å². The van der Waals surface area contributed by atoms with E-state index in [2.05, 4.69) is 5.32 Å². The molecule has 0 fully saturated rings. The number of amides is 3. The number of nitrogens with zero attached hydrogens (tertiary/aromatic N) is 1. The molecule has 0 aliphatic rings. The largest absolute Gasteiger partial charge is 0.443 e. The van der Waals surface area contributed by atoms with E-state index in [1.165, 1.54) is 0 Å². The lowest BCUT2D eigenvalue weighted by atomic mass is 10.1. The number of rotatable bonds is 5. The van der Waals surface area contributed by atoms with Gasteiger partial charge in [-0.05, 0) is 62.6 Å². The van der Waals surface area contributed by atoms with E-state index >= 15 is 0 Å². The highest BCUT2D eigenvalue weighted by Crippen LogP contribution is 2.13. The monoisotopic (exact) mass is 384 g/mol. The van der Waals surface area contributed by atoms with Gasteiger partial charge in [0.15, 0.2) is 0 Å². The van der Waals surface area contributed by atoms with E-state index in [-0.39, 0.29) is 13.1 Å². The van der Waals surface area contributed by atoms with Crippen molar-refractivity contribution >= 4 is 23.5 Å². The fourth-order valence-corrected chi connectivity index (χ4v) is 2.56. The van der Waals surface area contributed by atoms with Gasteiger partial charge in [-0.3, -0.25) is 0 Å². The van der Waals surface area contributed by atoms with Crippen molar-refractivity contribution in [1.29, 1.82) is 0 Å². The number of benzene rings is 2. The lowest BCUT2D eigenvalue weighted by Crippen LogP contribution is -2.46. The molecular weight excluding hydrogens is 356 g/mol. The van der Waals surface area contributed by atoms with Crippen LogP contribution in [-0.4, -0.2) is 29.2 Å². The molecule has 2 aromatic carbocycles. The second kappa shape index (κ2) is 9.12. The minimum absolute atomic E-state index is 0.168. The van der Waals surface area contributed by atoms with Gasteiger partial charge in [0, 0.05) is 24.5 Å². The Morgan fingerprint density at radius 2 is 1.57 bits per heavy atom. The molecular formula is C21H28N4O3. The summed E-state index contributed by atoms with van der Waals surface area (Å²) in [6.07, 6.45) is -0.225. The number of carbonyl (C=O) groups excluding carboxylic acids is 2. The summed E-state index contributed by atoms with van der Waals surface area (Å²) in [5.41, 5.74) is 13.9. The molecule has 150 valence electrons. The van der Waals surface area contributed by atoms with Gasteiger partial charge in [-0.2, -0.15) is 0 Å². The number of nitrogen functional groups attached to an aromatic ring is 2. The number of anilines is 2. The molecule has 2 aromatic rings. The van der Waals surface area contributed by atoms with Gasteiger partial charge in [-0.25, -0.2) is 14.5 Å². The van der Waals surface area contributed by atoms with Crippen LogP contribution in [-0.2, 0) is 17.7 Å². The van der Waals surface area contributed by atoms with E-state index in [1.54, 1.807) is 39.0 Å². The van der Waals surface area contributed by atoms with Crippen LogP contribution in [0.2, 0.25) is 0 Å². The Labute approximate surface area is 165 Å². The Hall–Kier alpha value is -3.22. The molecule has 0 saturated carbocycles. The van der Waals surface area contributed by atoms with Crippen LogP contribution >= 0.6 is 0 Å². The van der Waals surface area contributed by atoms with E-state index in [1.807, 2.05) is 30.3 Å². The SMILES string of the molecule is CC(C)(C)OC(=O)N(CCc1cccc(N)c1)C(=O)NCc1cccc(N)c1. The maximum atomic E-state index is 12.7. The van der Waals surface area contributed by atoms with E-state index in [0.717, 1.165) is 16.0 Å². The van der Waals surface area contributed by atoms with Crippen LogP contribution in [0.15, 0.2) is 48.5 Å². The fraction of sp³-hybridized carbons (Fsp3) is 0.333. The van der Waals surface area contributed by atoms with Crippen LogP contribution in [0.4, 0.5) is 21.0 Å². The summed E-state index contributed by atoms with van der Waals surface area (Å²) in [6.45, 7) is 5.69. The standard InChI is InChI=1S/C21H28N4O3/c1-21(2,3)28-20(27)25(11-10-15-6-4-8-17(22)12-15)19(26)24-14-16-7-5-9-18(23)13-16/h4-9,12-13H,10-11,14,22-23H2,1-3H3,(H,24,26). The highest BCUT2D eigenvalue weighted by atomic mass is 16.6. The average molecular weight is 384 g/mol. The average Bonchev–Trinajstić information content (AvgIpc) is 2.59. The number of nitrogens with two attached hydrogens (primary N) is 2. The van der Waals surface area contributed by atoms with Gasteiger partial charge < -0.3 is 21.5 Å². The first-order valence-corrected chi connectivity index (χ1v) is 9.11. The summed E-state index contributed by atoms with van der Waals surface area (Å²) in [5, 5.41) is 2.75. The first-order chi connectivity index (χ1) is 13.1.